The summed E-state index contributed by atoms with van der Waals surface area (Å²) in [5, 5.41) is 10.7. The summed E-state index contributed by atoms with van der Waals surface area (Å²) in [5.41, 5.74) is 2.55. The number of carbonyl (C=O) groups excluding carboxylic acids is 7. The Morgan fingerprint density at radius 2 is 1.54 bits per heavy atom. The molecule has 2 aromatic carbocycles. The highest BCUT2D eigenvalue weighted by molar-refractivity contribution is 6.38. The van der Waals surface area contributed by atoms with Gasteiger partial charge in [0.15, 0.2) is 0 Å². The molecule has 0 aromatic heterocycles. The largest absolute Gasteiger partial charge is 0.438 e. The summed E-state index contributed by atoms with van der Waals surface area (Å²) in [6, 6.07) is 12.4. The van der Waals surface area contributed by atoms with Crippen LogP contribution in [0, 0.1) is 11.8 Å². The van der Waals surface area contributed by atoms with E-state index in [4.69, 9.17) is 4.74 Å². The van der Waals surface area contributed by atoms with Gasteiger partial charge in [0, 0.05) is 20.6 Å². The molecule has 0 spiro atoms. The van der Waals surface area contributed by atoms with Crippen LogP contribution in [0.3, 0.4) is 0 Å². The second-order valence-electron chi connectivity index (χ2n) is 16.4. The fraction of sp³-hybridized carbons (Fsp3) is 0.533. The third kappa shape index (κ3) is 11.2. The van der Waals surface area contributed by atoms with Crippen LogP contribution in [-0.2, 0) is 46.3 Å². The Bertz CT molecular complexity index is 1870. The van der Waals surface area contributed by atoms with E-state index in [2.05, 4.69) is 27.8 Å². The summed E-state index contributed by atoms with van der Waals surface area (Å²) < 4.78 is 6.06. The molecule has 2 fully saturated rings. The maximum atomic E-state index is 14.6. The van der Waals surface area contributed by atoms with Gasteiger partial charge in [0.05, 0.1) is 12.6 Å². The number of likely N-dealkylation sites (N-methyl/N-ethyl adjacent to an activating group) is 1. The Labute approximate surface area is 347 Å². The highest BCUT2D eigenvalue weighted by Crippen LogP contribution is 2.35. The molecule has 1 aliphatic heterocycles. The van der Waals surface area contributed by atoms with E-state index in [-0.39, 0.29) is 30.7 Å². The number of alkyl carbamates (subject to hydrolysis) is 1. The molecule has 5 atom stereocenters. The fourth-order valence-electron chi connectivity index (χ4n) is 8.33. The zero-order valence-electron chi connectivity index (χ0n) is 35.0. The zero-order valence-corrected chi connectivity index (χ0v) is 35.0. The number of nitrogens with zero attached hydrogens (tertiary/aromatic N) is 2. The molecular formula is C45H60N6O8. The van der Waals surface area contributed by atoms with Crippen LogP contribution in [0.15, 0.2) is 66.7 Å². The second kappa shape index (κ2) is 20.0. The molecule has 1 saturated heterocycles. The van der Waals surface area contributed by atoms with E-state index in [1.165, 1.54) is 9.80 Å². The Kier molecular flexibility index (Phi) is 15.1. The summed E-state index contributed by atoms with van der Waals surface area (Å²) >= 11 is 0. The van der Waals surface area contributed by atoms with Crippen molar-refractivity contribution < 1.29 is 38.3 Å². The minimum absolute atomic E-state index is 0.135. The van der Waals surface area contributed by atoms with Crippen molar-refractivity contribution in [2.75, 3.05) is 27.2 Å². The Morgan fingerprint density at radius 1 is 0.898 bits per heavy atom. The van der Waals surface area contributed by atoms with E-state index in [1.807, 2.05) is 45.0 Å². The van der Waals surface area contributed by atoms with Crippen LogP contribution in [0.2, 0.25) is 0 Å². The van der Waals surface area contributed by atoms with Crippen LogP contribution < -0.4 is 21.3 Å². The molecule has 6 amide bonds. The number of ether oxygens (including phenoxy) is 1. The van der Waals surface area contributed by atoms with Gasteiger partial charge in [-0.05, 0) is 86.0 Å². The molecular weight excluding hydrogens is 753 g/mol. The number of hydrogen-bond acceptors (Lipinski definition) is 8. The quantitative estimate of drug-likeness (QED) is 0.122. The molecule has 0 bridgehead atoms. The van der Waals surface area contributed by atoms with Gasteiger partial charge in [-0.3, -0.25) is 28.8 Å². The highest BCUT2D eigenvalue weighted by atomic mass is 16.6. The van der Waals surface area contributed by atoms with Crippen LogP contribution in [-0.4, -0.2) is 102 Å². The lowest BCUT2D eigenvalue weighted by atomic mass is 9.88. The standard InChI is InChI=1S/C45H60N6O8/c1-7-22-45(8-2,28(3)4)59-44(58)49-38(33-25-31-17-12-13-18-32(31)26-33)43(57)51-23-14-19-35(51)40(54)47-34(24-29-20-21-29)39(53)41(55)46-27-36(52)48-37(42(56)50(5)6)30-15-10-9-11-16-30/h9-13,15-18,29,33-35,37-38H,3,7-8,14,19-27H2,1-2,4-6H3,(H,46,55)(H,47,54)(H,48,52)(H,49,58)/t34?,35-,37?,38?,45?/m0/s1. The summed E-state index contributed by atoms with van der Waals surface area (Å²) in [4.78, 5) is 97.8. The molecule has 5 rings (SSSR count). The summed E-state index contributed by atoms with van der Waals surface area (Å²) in [5.74, 6) is -4.16. The van der Waals surface area contributed by atoms with E-state index >= 15 is 0 Å². The lowest BCUT2D eigenvalue weighted by Gasteiger charge is -2.35. The summed E-state index contributed by atoms with van der Waals surface area (Å²) in [7, 11) is 3.13. The van der Waals surface area contributed by atoms with Crippen LogP contribution in [0.25, 0.3) is 0 Å². The van der Waals surface area contributed by atoms with Gasteiger partial charge in [-0.2, -0.15) is 0 Å². The van der Waals surface area contributed by atoms with E-state index in [9.17, 15) is 33.6 Å². The molecule has 14 nitrogen and oxygen atoms in total. The molecule has 4 unspecified atom stereocenters. The van der Waals surface area contributed by atoms with Crippen molar-refractivity contribution in [1.82, 2.24) is 31.1 Å². The average molecular weight is 813 g/mol. The minimum atomic E-state index is -1.18. The highest BCUT2D eigenvalue weighted by Gasteiger charge is 2.44. The number of likely N-dealkylation sites (tertiary alicyclic amines) is 1. The number of fused-ring (bicyclic) bond motifs is 1. The first-order valence-electron chi connectivity index (χ1n) is 20.9. The molecule has 1 heterocycles. The first-order valence-corrected chi connectivity index (χ1v) is 20.9. The number of hydrogen-bond donors (Lipinski definition) is 4. The van der Waals surface area contributed by atoms with Crippen LogP contribution in [0.5, 0.6) is 0 Å². The van der Waals surface area contributed by atoms with Gasteiger partial charge in [-0.1, -0.05) is 94.3 Å². The Balaban J connectivity index is 1.27. The topological polar surface area (TPSA) is 183 Å². The van der Waals surface area contributed by atoms with Gasteiger partial charge in [-0.25, -0.2) is 4.79 Å². The van der Waals surface area contributed by atoms with Gasteiger partial charge in [-0.15, -0.1) is 0 Å². The molecule has 1 saturated carbocycles. The van der Waals surface area contributed by atoms with E-state index in [1.54, 1.807) is 44.4 Å². The van der Waals surface area contributed by atoms with E-state index < -0.39 is 71.8 Å². The number of carbonyl (C=O) groups is 7. The second-order valence-corrected chi connectivity index (χ2v) is 16.4. The number of rotatable bonds is 19. The molecule has 59 heavy (non-hydrogen) atoms. The van der Waals surface area contributed by atoms with Crippen molar-refractivity contribution >= 4 is 41.4 Å². The summed E-state index contributed by atoms with van der Waals surface area (Å²) in [6.45, 7) is 9.55. The summed E-state index contributed by atoms with van der Waals surface area (Å²) in [6.07, 6.45) is 4.99. The smallest absolute Gasteiger partial charge is 0.408 e. The molecule has 14 heteroatoms. The van der Waals surface area contributed by atoms with Crippen molar-refractivity contribution in [2.24, 2.45) is 11.8 Å². The number of Topliss-reactive ketones (excluding diaryl/α,β-unsaturated/α-hetero) is 1. The average Bonchev–Trinajstić information content (AvgIpc) is 3.71. The van der Waals surface area contributed by atoms with Crippen molar-refractivity contribution in [2.45, 2.75) is 115 Å². The SMILES string of the molecule is C=C(C)C(CC)(CCC)OC(=O)NC(C(=O)N1CCC[C@H]1C(=O)NC(CC1CC1)C(=O)C(=O)NCC(=O)NC(C(=O)N(C)C)c1ccccc1)C1Cc2ccccc2C1. The van der Waals surface area contributed by atoms with Gasteiger partial charge in [0.25, 0.3) is 5.91 Å². The molecule has 318 valence electrons. The molecule has 0 radical (unpaired) electrons. The lowest BCUT2D eigenvalue weighted by molar-refractivity contribution is -0.143. The number of nitrogens with one attached hydrogen (secondary N) is 4. The maximum absolute atomic E-state index is 14.6. The predicted octanol–water partition coefficient (Wildman–Crippen LogP) is 3.93. The number of benzene rings is 2. The zero-order chi connectivity index (χ0) is 42.9. The molecule has 2 aliphatic carbocycles. The molecule has 3 aliphatic rings. The maximum Gasteiger partial charge on any atom is 0.408 e. The van der Waals surface area contributed by atoms with Crippen molar-refractivity contribution in [1.29, 1.82) is 0 Å². The third-order valence-corrected chi connectivity index (χ3v) is 11.9. The van der Waals surface area contributed by atoms with Crippen LogP contribution >= 0.6 is 0 Å². The van der Waals surface area contributed by atoms with Crippen LogP contribution in [0.1, 0.15) is 94.9 Å². The normalized spacial score (nSPS) is 18.6. The molecule has 2 aromatic rings. The van der Waals surface area contributed by atoms with Gasteiger partial charge >= 0.3 is 6.09 Å². The van der Waals surface area contributed by atoms with E-state index in [0.717, 1.165) is 30.4 Å². The minimum Gasteiger partial charge on any atom is -0.438 e. The predicted molar refractivity (Wildman–Crippen MR) is 222 cm³/mol. The van der Waals surface area contributed by atoms with Crippen molar-refractivity contribution in [3.63, 3.8) is 0 Å². The van der Waals surface area contributed by atoms with Crippen molar-refractivity contribution in [3.05, 3.63) is 83.4 Å². The first-order chi connectivity index (χ1) is 28.2. The molecule has 4 N–H and O–H groups in total. The van der Waals surface area contributed by atoms with Gasteiger partial charge < -0.3 is 35.8 Å². The van der Waals surface area contributed by atoms with Crippen LogP contribution in [0.4, 0.5) is 4.79 Å². The third-order valence-electron chi connectivity index (χ3n) is 11.9. The van der Waals surface area contributed by atoms with Crippen molar-refractivity contribution in [3.8, 4) is 0 Å². The number of ketones is 1. The number of amides is 6. The Morgan fingerprint density at radius 3 is 2.12 bits per heavy atom. The fourth-order valence-corrected chi connectivity index (χ4v) is 8.33. The van der Waals surface area contributed by atoms with Gasteiger partial charge in [0.2, 0.25) is 29.4 Å². The van der Waals surface area contributed by atoms with Gasteiger partial charge in [0.1, 0.15) is 23.7 Å². The van der Waals surface area contributed by atoms with E-state index in [0.29, 0.717) is 49.7 Å². The first kappa shape index (κ1) is 44.6. The lowest BCUT2D eigenvalue weighted by Crippen LogP contribution is -2.58. The monoisotopic (exact) mass is 812 g/mol. The Hall–Kier alpha value is -5.53.